The van der Waals surface area contributed by atoms with Crippen LogP contribution >= 0.6 is 0 Å². The number of hydrogen-bond acceptors (Lipinski definition) is 3. The van der Waals surface area contributed by atoms with Gasteiger partial charge in [0.2, 0.25) is 0 Å². The number of fused-ring (bicyclic) bond motifs is 1. The minimum atomic E-state index is -0.159. The number of nitrogens with zero attached hydrogens (tertiary/aromatic N) is 3. The molecule has 6 rings (SSSR count). The second kappa shape index (κ2) is 6.54. The Hall–Kier alpha value is -3.91. The van der Waals surface area contributed by atoms with Crippen LogP contribution in [0.15, 0.2) is 73.1 Å². The average Bonchev–Trinajstić information content (AvgIpc) is 2.91. The Balaban J connectivity index is 0.000000154. The fourth-order valence-electron chi connectivity index (χ4n) is 2.65. The number of amides is 1. The molecular formula is C21H14N4O. The number of terminal acetylenes is 1. The maximum absolute atomic E-state index is 11.9. The molecule has 0 atom stereocenters. The first-order valence-corrected chi connectivity index (χ1v) is 8.03. The number of pyridine rings is 1. The lowest BCUT2D eigenvalue weighted by molar-refractivity contribution is 0.102. The van der Waals surface area contributed by atoms with Gasteiger partial charge < -0.3 is 5.32 Å². The van der Waals surface area contributed by atoms with Gasteiger partial charge in [0, 0.05) is 17.3 Å². The van der Waals surface area contributed by atoms with Gasteiger partial charge in [0.1, 0.15) is 0 Å². The first-order chi connectivity index (χ1) is 12.8. The van der Waals surface area contributed by atoms with E-state index in [1.165, 1.54) is 5.56 Å². The fourth-order valence-corrected chi connectivity index (χ4v) is 2.65. The van der Waals surface area contributed by atoms with Crippen molar-refractivity contribution in [2.45, 2.75) is 0 Å². The number of nitrogens with one attached hydrogen (secondary N) is 1. The van der Waals surface area contributed by atoms with Crippen LogP contribution in [0.3, 0.4) is 0 Å². The topological polar surface area (TPSA) is 59.3 Å². The molecule has 0 aliphatic carbocycles. The van der Waals surface area contributed by atoms with Gasteiger partial charge >= 0.3 is 0 Å². The van der Waals surface area contributed by atoms with E-state index in [9.17, 15) is 4.79 Å². The van der Waals surface area contributed by atoms with Gasteiger partial charge in [-0.3, -0.25) is 4.79 Å². The first-order valence-electron chi connectivity index (χ1n) is 8.03. The third kappa shape index (κ3) is 2.80. The summed E-state index contributed by atoms with van der Waals surface area (Å²) in [7, 11) is 0. The Kier molecular flexibility index (Phi) is 3.92. The van der Waals surface area contributed by atoms with Crippen LogP contribution in [0.4, 0.5) is 5.69 Å². The largest absolute Gasteiger partial charge is 0.321 e. The molecule has 4 bridgehead atoms. The Labute approximate surface area is 150 Å². The van der Waals surface area contributed by atoms with E-state index in [0.29, 0.717) is 16.8 Å². The first kappa shape index (κ1) is 15.6. The van der Waals surface area contributed by atoms with E-state index in [1.54, 1.807) is 28.8 Å². The zero-order valence-corrected chi connectivity index (χ0v) is 13.8. The van der Waals surface area contributed by atoms with Crippen molar-refractivity contribution in [2.24, 2.45) is 0 Å². The van der Waals surface area contributed by atoms with Gasteiger partial charge in [0.05, 0.1) is 23.1 Å². The van der Waals surface area contributed by atoms with Crippen LogP contribution in [0.1, 0.15) is 15.9 Å². The maximum atomic E-state index is 11.9. The highest BCUT2D eigenvalue weighted by molar-refractivity contribution is 6.04. The average molecular weight is 338 g/mol. The summed E-state index contributed by atoms with van der Waals surface area (Å²) < 4.78 is 1.78. The molecule has 2 aromatic carbocycles. The summed E-state index contributed by atoms with van der Waals surface area (Å²) in [5.41, 5.74) is 5.22. The molecule has 0 radical (unpaired) electrons. The molecule has 0 fully saturated rings. The van der Waals surface area contributed by atoms with E-state index in [1.807, 2.05) is 48.8 Å². The Bertz CT molecular complexity index is 1130. The molecule has 0 spiro atoms. The van der Waals surface area contributed by atoms with Crippen molar-refractivity contribution in [3.05, 3.63) is 84.2 Å². The Morgan fingerprint density at radius 3 is 2.50 bits per heavy atom. The molecule has 5 heteroatoms. The predicted molar refractivity (Wildman–Crippen MR) is 101 cm³/mol. The van der Waals surface area contributed by atoms with E-state index in [4.69, 9.17) is 6.42 Å². The van der Waals surface area contributed by atoms with Crippen LogP contribution < -0.4 is 5.32 Å². The summed E-state index contributed by atoms with van der Waals surface area (Å²) in [5.74, 6) is 2.38. The highest BCUT2D eigenvalue weighted by Crippen LogP contribution is 2.29. The Morgan fingerprint density at radius 1 is 1.04 bits per heavy atom. The molecule has 4 heterocycles. The number of carbonyl (C=O) groups is 1. The van der Waals surface area contributed by atoms with Gasteiger partial charge in [-0.15, -0.1) is 6.42 Å². The van der Waals surface area contributed by atoms with Gasteiger partial charge in [-0.05, 0) is 30.3 Å². The van der Waals surface area contributed by atoms with Crippen LogP contribution in [-0.4, -0.2) is 20.5 Å². The SMILES string of the molecule is C#Cc1ccccc1NC(=O)c1ccccc1.c1cn2ncc3c2nc1-3. The summed E-state index contributed by atoms with van der Waals surface area (Å²) in [6, 6.07) is 18.2. The van der Waals surface area contributed by atoms with E-state index < -0.39 is 0 Å². The number of carbonyl (C=O) groups excluding carboxylic acids is 1. The number of rotatable bonds is 2. The van der Waals surface area contributed by atoms with Crippen molar-refractivity contribution in [3.8, 4) is 23.6 Å². The highest BCUT2D eigenvalue weighted by Gasteiger charge is 2.17. The zero-order valence-electron chi connectivity index (χ0n) is 13.8. The number of aromatic nitrogens is 3. The summed E-state index contributed by atoms with van der Waals surface area (Å²) in [6.45, 7) is 0. The van der Waals surface area contributed by atoms with E-state index in [2.05, 4.69) is 21.3 Å². The molecule has 2 aliphatic rings. The minimum absolute atomic E-state index is 0.159. The molecular weight excluding hydrogens is 324 g/mol. The van der Waals surface area contributed by atoms with Crippen LogP contribution in [0.2, 0.25) is 0 Å². The van der Waals surface area contributed by atoms with E-state index in [0.717, 1.165) is 11.3 Å². The third-order valence-corrected chi connectivity index (χ3v) is 4.01. The van der Waals surface area contributed by atoms with Crippen molar-refractivity contribution < 1.29 is 4.79 Å². The quantitative estimate of drug-likeness (QED) is 0.500. The van der Waals surface area contributed by atoms with Crippen LogP contribution in [0, 0.1) is 12.3 Å². The molecule has 0 saturated carbocycles. The second-order valence-corrected chi connectivity index (χ2v) is 5.65. The minimum Gasteiger partial charge on any atom is -0.321 e. The summed E-state index contributed by atoms with van der Waals surface area (Å²) in [6.07, 6.45) is 9.13. The molecule has 2 aliphatic heterocycles. The summed E-state index contributed by atoms with van der Waals surface area (Å²) >= 11 is 0. The Morgan fingerprint density at radius 2 is 1.81 bits per heavy atom. The van der Waals surface area contributed by atoms with Crippen molar-refractivity contribution in [1.29, 1.82) is 0 Å². The summed E-state index contributed by atoms with van der Waals surface area (Å²) in [4.78, 5) is 16.1. The van der Waals surface area contributed by atoms with Crippen molar-refractivity contribution in [2.75, 3.05) is 5.32 Å². The molecule has 2 aromatic heterocycles. The fraction of sp³-hybridized carbons (Fsp3) is 0. The van der Waals surface area contributed by atoms with E-state index in [-0.39, 0.29) is 5.91 Å². The smallest absolute Gasteiger partial charge is 0.255 e. The molecule has 1 N–H and O–H groups in total. The number of anilines is 1. The van der Waals surface area contributed by atoms with Gasteiger partial charge in [-0.2, -0.15) is 5.10 Å². The lowest BCUT2D eigenvalue weighted by Gasteiger charge is -2.07. The third-order valence-electron chi connectivity index (χ3n) is 4.01. The summed E-state index contributed by atoms with van der Waals surface area (Å²) in [5, 5.41) is 6.85. The number of hydrogen-bond donors (Lipinski definition) is 1. The molecule has 124 valence electrons. The normalized spacial score (nSPS) is 10.4. The number of benzene rings is 2. The molecule has 0 saturated heterocycles. The molecule has 5 nitrogen and oxygen atoms in total. The zero-order chi connectivity index (χ0) is 17.9. The van der Waals surface area contributed by atoms with E-state index >= 15 is 0 Å². The monoisotopic (exact) mass is 338 g/mol. The van der Waals surface area contributed by atoms with Crippen molar-refractivity contribution >= 4 is 17.2 Å². The lowest BCUT2D eigenvalue weighted by atomic mass is 10.1. The lowest BCUT2D eigenvalue weighted by Crippen LogP contribution is -2.12. The van der Waals surface area contributed by atoms with Crippen molar-refractivity contribution in [1.82, 2.24) is 14.6 Å². The molecule has 26 heavy (non-hydrogen) atoms. The van der Waals surface area contributed by atoms with Crippen molar-refractivity contribution in [3.63, 3.8) is 0 Å². The maximum Gasteiger partial charge on any atom is 0.255 e. The van der Waals surface area contributed by atoms with Gasteiger partial charge in [0.25, 0.3) is 5.91 Å². The molecule has 1 amide bonds. The van der Waals surface area contributed by atoms with Crippen LogP contribution in [0.25, 0.3) is 16.9 Å². The van der Waals surface area contributed by atoms with Gasteiger partial charge in [0.15, 0.2) is 5.65 Å². The molecule has 4 aromatic rings. The van der Waals surface area contributed by atoms with Gasteiger partial charge in [-0.1, -0.05) is 36.3 Å². The standard InChI is InChI=1S/C15H11NO.C6H3N3/c1-2-12-8-6-7-11-14(12)16-15(17)13-9-4-3-5-10-13;1-2-9-6-4(3-7-9)5(1)8-6/h1,3-11H,(H,16,17);1-3H. The predicted octanol–water partition coefficient (Wildman–Crippen LogP) is 3.63. The van der Waals surface area contributed by atoms with Gasteiger partial charge in [-0.25, -0.2) is 9.50 Å². The van der Waals surface area contributed by atoms with Crippen LogP contribution in [0.5, 0.6) is 0 Å². The number of para-hydroxylation sites is 1. The second-order valence-electron chi connectivity index (χ2n) is 5.65. The molecule has 0 unspecified atom stereocenters. The highest BCUT2D eigenvalue weighted by atomic mass is 16.1. The van der Waals surface area contributed by atoms with Crippen LogP contribution in [-0.2, 0) is 0 Å².